The third-order valence-electron chi connectivity index (χ3n) is 4.61. The quantitative estimate of drug-likeness (QED) is 0.528. The molecule has 0 bridgehead atoms. The average Bonchev–Trinajstić information content (AvgIpc) is 3.20. The van der Waals surface area contributed by atoms with Crippen LogP contribution in [0, 0.1) is 6.92 Å². The highest BCUT2D eigenvalue weighted by molar-refractivity contribution is 5.83. The van der Waals surface area contributed by atoms with E-state index in [4.69, 9.17) is 4.52 Å². The topological polar surface area (TPSA) is 101 Å². The van der Waals surface area contributed by atoms with E-state index in [9.17, 15) is 9.59 Å². The fraction of sp³-hybridized carbons (Fsp3) is 0.182. The van der Waals surface area contributed by atoms with Gasteiger partial charge in [-0.3, -0.25) is 9.59 Å². The molecule has 2 aromatic heterocycles. The molecule has 2 aromatic carbocycles. The number of rotatable bonds is 6. The number of fused-ring (bicyclic) bond motifs is 1. The average molecular weight is 388 g/mol. The predicted molar refractivity (Wildman–Crippen MR) is 109 cm³/mol. The van der Waals surface area contributed by atoms with E-state index >= 15 is 0 Å². The lowest BCUT2D eigenvalue weighted by Crippen LogP contribution is -2.22. The minimum Gasteiger partial charge on any atom is -0.352 e. The van der Waals surface area contributed by atoms with E-state index in [1.165, 1.54) is 0 Å². The van der Waals surface area contributed by atoms with Gasteiger partial charge in [0.25, 0.3) is 5.56 Å². The summed E-state index contributed by atoms with van der Waals surface area (Å²) in [5.41, 5.74) is 2.93. The maximum atomic E-state index is 12.4. The Morgan fingerprint density at radius 3 is 2.79 bits per heavy atom. The van der Waals surface area contributed by atoms with Crippen molar-refractivity contribution in [1.82, 2.24) is 20.4 Å². The van der Waals surface area contributed by atoms with Crippen molar-refractivity contribution >= 4 is 16.8 Å². The number of hydrogen-bond donors (Lipinski definition) is 2. The highest BCUT2D eigenvalue weighted by atomic mass is 16.5. The number of aromatic amines is 1. The van der Waals surface area contributed by atoms with Gasteiger partial charge in [0.05, 0.1) is 5.56 Å². The van der Waals surface area contributed by atoms with E-state index in [0.717, 1.165) is 22.0 Å². The second-order valence-electron chi connectivity index (χ2n) is 6.88. The van der Waals surface area contributed by atoms with Crippen molar-refractivity contribution in [3.8, 4) is 11.4 Å². The van der Waals surface area contributed by atoms with E-state index < -0.39 is 0 Å². The Labute approximate surface area is 166 Å². The van der Waals surface area contributed by atoms with Crippen molar-refractivity contribution in [3.05, 3.63) is 82.0 Å². The molecule has 29 heavy (non-hydrogen) atoms. The molecule has 2 N–H and O–H groups in total. The van der Waals surface area contributed by atoms with E-state index in [1.807, 2.05) is 55.5 Å². The standard InChI is InChI=1S/C22H20N4O3/c1-14-7-8-18-16(11-14)12-17(22(28)24-18)21-25-20(29-26-21)10-9-19(27)23-13-15-5-3-2-4-6-15/h2-8,11-12H,9-10,13H2,1H3,(H,23,27)(H,24,28). The van der Waals surface area contributed by atoms with Crippen LogP contribution in [0.2, 0.25) is 0 Å². The Morgan fingerprint density at radius 2 is 1.97 bits per heavy atom. The molecule has 0 saturated heterocycles. The lowest BCUT2D eigenvalue weighted by Gasteiger charge is -2.03. The first-order chi connectivity index (χ1) is 14.1. The van der Waals surface area contributed by atoms with Gasteiger partial charge in [0, 0.05) is 24.9 Å². The Morgan fingerprint density at radius 1 is 1.14 bits per heavy atom. The van der Waals surface area contributed by atoms with Gasteiger partial charge < -0.3 is 14.8 Å². The number of aromatic nitrogens is 3. The van der Waals surface area contributed by atoms with Crippen LogP contribution in [0.4, 0.5) is 0 Å². The summed E-state index contributed by atoms with van der Waals surface area (Å²) >= 11 is 0. The van der Waals surface area contributed by atoms with Gasteiger partial charge in [-0.15, -0.1) is 0 Å². The van der Waals surface area contributed by atoms with E-state index in [1.54, 1.807) is 6.07 Å². The molecule has 0 spiro atoms. The summed E-state index contributed by atoms with van der Waals surface area (Å²) in [6.45, 7) is 2.46. The molecule has 7 nitrogen and oxygen atoms in total. The highest BCUT2D eigenvalue weighted by Gasteiger charge is 2.14. The van der Waals surface area contributed by atoms with Gasteiger partial charge in [0.2, 0.25) is 17.6 Å². The molecule has 4 aromatic rings. The molecular formula is C22H20N4O3. The zero-order valence-corrected chi connectivity index (χ0v) is 15.9. The van der Waals surface area contributed by atoms with Crippen LogP contribution >= 0.6 is 0 Å². The van der Waals surface area contributed by atoms with Crippen LogP contribution in [-0.4, -0.2) is 21.0 Å². The fourth-order valence-corrected chi connectivity index (χ4v) is 3.06. The Bertz CT molecular complexity index is 1210. The number of carbonyl (C=O) groups is 1. The first-order valence-corrected chi connectivity index (χ1v) is 9.36. The van der Waals surface area contributed by atoms with Crippen LogP contribution in [0.5, 0.6) is 0 Å². The summed E-state index contributed by atoms with van der Waals surface area (Å²) in [6.07, 6.45) is 0.528. The summed E-state index contributed by atoms with van der Waals surface area (Å²) in [4.78, 5) is 31.5. The first kappa shape index (κ1) is 18.6. The SMILES string of the molecule is Cc1ccc2[nH]c(=O)c(-c3noc(CCC(=O)NCc4ccccc4)n3)cc2c1. The molecule has 0 atom stereocenters. The molecule has 0 unspecified atom stereocenters. The minimum absolute atomic E-state index is 0.104. The maximum Gasteiger partial charge on any atom is 0.259 e. The van der Waals surface area contributed by atoms with Gasteiger partial charge in [-0.25, -0.2) is 0 Å². The smallest absolute Gasteiger partial charge is 0.259 e. The lowest BCUT2D eigenvalue weighted by atomic mass is 10.1. The molecule has 0 aliphatic heterocycles. The number of amides is 1. The third kappa shape index (κ3) is 4.40. The van der Waals surface area contributed by atoms with Crippen molar-refractivity contribution in [2.45, 2.75) is 26.3 Å². The van der Waals surface area contributed by atoms with Gasteiger partial charge in [0.15, 0.2) is 0 Å². The largest absolute Gasteiger partial charge is 0.352 e. The Kier molecular flexibility index (Phi) is 5.20. The molecule has 0 saturated carbocycles. The predicted octanol–water partition coefficient (Wildman–Crippen LogP) is 3.14. The number of nitrogens with zero attached hydrogens (tertiary/aromatic N) is 2. The summed E-state index contributed by atoms with van der Waals surface area (Å²) in [5.74, 6) is 0.431. The summed E-state index contributed by atoms with van der Waals surface area (Å²) in [7, 11) is 0. The lowest BCUT2D eigenvalue weighted by molar-refractivity contribution is -0.121. The highest BCUT2D eigenvalue weighted by Crippen LogP contribution is 2.18. The van der Waals surface area contributed by atoms with E-state index in [2.05, 4.69) is 20.4 Å². The van der Waals surface area contributed by atoms with Crippen LogP contribution in [0.25, 0.3) is 22.3 Å². The van der Waals surface area contributed by atoms with Crippen molar-refractivity contribution in [1.29, 1.82) is 0 Å². The molecular weight excluding hydrogens is 368 g/mol. The number of benzene rings is 2. The molecule has 0 aliphatic rings. The van der Waals surface area contributed by atoms with Crippen LogP contribution in [0.3, 0.4) is 0 Å². The zero-order valence-electron chi connectivity index (χ0n) is 15.9. The summed E-state index contributed by atoms with van der Waals surface area (Å²) in [6, 6.07) is 17.2. The van der Waals surface area contributed by atoms with Gasteiger partial charge in [0.1, 0.15) is 0 Å². The molecule has 0 fully saturated rings. The minimum atomic E-state index is -0.283. The van der Waals surface area contributed by atoms with Gasteiger partial charge in [-0.05, 0) is 36.1 Å². The molecule has 2 heterocycles. The summed E-state index contributed by atoms with van der Waals surface area (Å²) in [5, 5.41) is 7.66. The van der Waals surface area contributed by atoms with E-state index in [0.29, 0.717) is 24.4 Å². The second kappa shape index (κ2) is 8.10. The number of aryl methyl sites for hydroxylation is 2. The number of carbonyl (C=O) groups excluding carboxylic acids is 1. The second-order valence-corrected chi connectivity index (χ2v) is 6.88. The van der Waals surface area contributed by atoms with Crippen LogP contribution in [-0.2, 0) is 17.8 Å². The number of nitrogens with one attached hydrogen (secondary N) is 2. The van der Waals surface area contributed by atoms with Gasteiger partial charge in [-0.1, -0.05) is 47.1 Å². The van der Waals surface area contributed by atoms with Crippen LogP contribution in [0.15, 0.2) is 63.9 Å². The maximum absolute atomic E-state index is 12.4. The monoisotopic (exact) mass is 388 g/mol. The molecule has 1 amide bonds. The molecule has 146 valence electrons. The molecule has 7 heteroatoms. The summed E-state index contributed by atoms with van der Waals surface area (Å²) < 4.78 is 5.23. The fourth-order valence-electron chi connectivity index (χ4n) is 3.06. The Hall–Kier alpha value is -3.74. The van der Waals surface area contributed by atoms with E-state index in [-0.39, 0.29) is 23.7 Å². The normalized spacial score (nSPS) is 10.9. The van der Waals surface area contributed by atoms with Crippen LogP contribution < -0.4 is 10.9 Å². The Balaban J connectivity index is 1.42. The first-order valence-electron chi connectivity index (χ1n) is 9.36. The third-order valence-corrected chi connectivity index (χ3v) is 4.61. The zero-order chi connectivity index (χ0) is 20.2. The molecule has 4 rings (SSSR count). The van der Waals surface area contributed by atoms with Gasteiger partial charge in [-0.2, -0.15) is 4.98 Å². The van der Waals surface area contributed by atoms with Crippen molar-refractivity contribution < 1.29 is 9.32 Å². The number of pyridine rings is 1. The van der Waals surface area contributed by atoms with Gasteiger partial charge >= 0.3 is 0 Å². The van der Waals surface area contributed by atoms with Crippen LogP contribution in [0.1, 0.15) is 23.4 Å². The number of hydrogen-bond acceptors (Lipinski definition) is 5. The number of H-pyrrole nitrogens is 1. The molecule has 0 aliphatic carbocycles. The van der Waals surface area contributed by atoms with Crippen molar-refractivity contribution in [3.63, 3.8) is 0 Å². The molecule has 0 radical (unpaired) electrons. The van der Waals surface area contributed by atoms with Crippen molar-refractivity contribution in [2.75, 3.05) is 0 Å². The van der Waals surface area contributed by atoms with Crippen molar-refractivity contribution in [2.24, 2.45) is 0 Å².